The molecule has 6 heteroatoms. The maximum Gasteiger partial charge on any atom is 0.188 e. The predicted molar refractivity (Wildman–Crippen MR) is 98.1 cm³/mol. The highest BCUT2D eigenvalue weighted by Gasteiger charge is 2.21. The summed E-state index contributed by atoms with van der Waals surface area (Å²) in [7, 11) is 0. The van der Waals surface area contributed by atoms with E-state index in [0.717, 1.165) is 19.6 Å². The van der Waals surface area contributed by atoms with Crippen LogP contribution in [0.4, 0.5) is 0 Å². The average molecular weight is 408 g/mol. The summed E-state index contributed by atoms with van der Waals surface area (Å²) in [5.41, 5.74) is 7.32. The second-order valence-electron chi connectivity index (χ2n) is 5.46. The number of fused-ring (bicyclic) bond motifs is 1. The van der Waals surface area contributed by atoms with Crippen molar-refractivity contribution in [3.05, 3.63) is 21.9 Å². The Hall–Kier alpha value is -0.340. The van der Waals surface area contributed by atoms with Gasteiger partial charge in [-0.25, -0.2) is 0 Å². The Labute approximate surface area is 142 Å². The van der Waals surface area contributed by atoms with Crippen LogP contribution in [0.1, 0.15) is 31.2 Å². The number of aliphatic imine (C=N–C) groups is 1. The molecule has 1 atom stereocenters. The Morgan fingerprint density at radius 1 is 1.50 bits per heavy atom. The molecule has 0 radical (unpaired) electrons. The van der Waals surface area contributed by atoms with Crippen molar-refractivity contribution in [3.63, 3.8) is 0 Å². The lowest BCUT2D eigenvalue weighted by Gasteiger charge is -2.31. The number of nitrogens with one attached hydrogen (secondary N) is 1. The third kappa shape index (κ3) is 4.89. The van der Waals surface area contributed by atoms with Crippen LogP contribution < -0.4 is 11.1 Å². The smallest absolute Gasteiger partial charge is 0.188 e. The van der Waals surface area contributed by atoms with Crippen LogP contribution in [0.25, 0.3) is 0 Å². The molecule has 1 aliphatic rings. The van der Waals surface area contributed by atoms with Gasteiger partial charge in [0.1, 0.15) is 0 Å². The van der Waals surface area contributed by atoms with Crippen molar-refractivity contribution in [3.8, 4) is 0 Å². The molecule has 1 unspecified atom stereocenters. The van der Waals surface area contributed by atoms with Crippen LogP contribution in [0.15, 0.2) is 16.4 Å². The fourth-order valence-electron chi connectivity index (χ4n) is 2.33. The topological polar surface area (TPSA) is 53.6 Å². The molecule has 0 saturated heterocycles. The normalized spacial score (nSPS) is 17.5. The van der Waals surface area contributed by atoms with Gasteiger partial charge in [-0.3, -0.25) is 9.89 Å². The van der Waals surface area contributed by atoms with E-state index in [-0.39, 0.29) is 24.0 Å². The van der Waals surface area contributed by atoms with Crippen molar-refractivity contribution in [2.45, 2.75) is 45.8 Å². The molecule has 0 amide bonds. The van der Waals surface area contributed by atoms with Crippen LogP contribution in [0.2, 0.25) is 0 Å². The summed E-state index contributed by atoms with van der Waals surface area (Å²) in [6.07, 6.45) is 1.17. The molecule has 1 aromatic rings. The van der Waals surface area contributed by atoms with Crippen LogP contribution in [-0.2, 0) is 13.0 Å². The maximum atomic E-state index is 5.83. The number of halogens is 1. The standard InChI is InChI=1S/C14H24N4S.HI/c1-10(2)17-14(15)16-8-11(3)18-6-4-13-12(9-18)5-7-19-13;/h5,7,10-11H,4,6,8-9H2,1-3H3,(H3,15,16,17);1H. The van der Waals surface area contributed by atoms with Gasteiger partial charge in [0.25, 0.3) is 0 Å². The van der Waals surface area contributed by atoms with Gasteiger partial charge in [-0.2, -0.15) is 0 Å². The molecule has 20 heavy (non-hydrogen) atoms. The van der Waals surface area contributed by atoms with E-state index in [1.165, 1.54) is 12.0 Å². The number of hydrogen-bond donors (Lipinski definition) is 2. The maximum absolute atomic E-state index is 5.83. The van der Waals surface area contributed by atoms with Gasteiger partial charge in [0, 0.05) is 30.1 Å². The van der Waals surface area contributed by atoms with Crippen LogP contribution in [-0.4, -0.2) is 36.0 Å². The molecule has 3 N–H and O–H groups in total. The van der Waals surface area contributed by atoms with E-state index in [1.54, 1.807) is 4.88 Å². The Balaban J connectivity index is 0.00000200. The van der Waals surface area contributed by atoms with E-state index >= 15 is 0 Å². The van der Waals surface area contributed by atoms with Crippen molar-refractivity contribution in [1.29, 1.82) is 0 Å². The quantitative estimate of drug-likeness (QED) is 0.457. The molecule has 1 aromatic heterocycles. The number of thiophene rings is 1. The lowest BCUT2D eigenvalue weighted by atomic mass is 10.1. The van der Waals surface area contributed by atoms with Crippen LogP contribution >= 0.6 is 35.3 Å². The second-order valence-corrected chi connectivity index (χ2v) is 6.46. The van der Waals surface area contributed by atoms with Crippen LogP contribution in [0.3, 0.4) is 0 Å². The number of nitrogens with zero attached hydrogens (tertiary/aromatic N) is 2. The highest BCUT2D eigenvalue weighted by atomic mass is 127. The molecule has 0 aliphatic carbocycles. The average Bonchev–Trinajstić information content (AvgIpc) is 2.82. The Bertz CT molecular complexity index is 444. The summed E-state index contributed by atoms with van der Waals surface area (Å²) in [6, 6.07) is 3.01. The van der Waals surface area contributed by atoms with Gasteiger partial charge in [-0.05, 0) is 44.2 Å². The minimum absolute atomic E-state index is 0. The van der Waals surface area contributed by atoms with E-state index < -0.39 is 0 Å². The first kappa shape index (κ1) is 17.7. The molecule has 2 rings (SSSR count). The van der Waals surface area contributed by atoms with Crippen molar-refractivity contribution < 1.29 is 0 Å². The molecule has 2 heterocycles. The van der Waals surface area contributed by atoms with Gasteiger partial charge >= 0.3 is 0 Å². The van der Waals surface area contributed by atoms with Crippen LogP contribution in [0.5, 0.6) is 0 Å². The summed E-state index contributed by atoms with van der Waals surface area (Å²) in [6.45, 7) is 9.28. The third-order valence-corrected chi connectivity index (χ3v) is 4.45. The summed E-state index contributed by atoms with van der Waals surface area (Å²) in [5, 5.41) is 5.32. The zero-order valence-electron chi connectivity index (χ0n) is 12.4. The monoisotopic (exact) mass is 408 g/mol. The van der Waals surface area contributed by atoms with E-state index in [9.17, 15) is 0 Å². The molecular formula is C14H25IN4S. The summed E-state index contributed by atoms with van der Waals surface area (Å²) >= 11 is 1.88. The zero-order valence-corrected chi connectivity index (χ0v) is 15.6. The molecule has 0 spiro atoms. The second kappa shape index (κ2) is 8.19. The Morgan fingerprint density at radius 3 is 2.95 bits per heavy atom. The van der Waals surface area contributed by atoms with Crippen molar-refractivity contribution >= 4 is 41.3 Å². The summed E-state index contributed by atoms with van der Waals surface area (Å²) in [4.78, 5) is 8.46. The van der Waals surface area contributed by atoms with Crippen LogP contribution in [0, 0.1) is 0 Å². The van der Waals surface area contributed by atoms with Gasteiger partial charge in [0.15, 0.2) is 5.96 Å². The van der Waals surface area contributed by atoms with Crippen molar-refractivity contribution in [1.82, 2.24) is 10.2 Å². The molecule has 0 aromatic carbocycles. The predicted octanol–water partition coefficient (Wildman–Crippen LogP) is 2.43. The first-order valence-electron chi connectivity index (χ1n) is 6.92. The molecule has 1 aliphatic heterocycles. The first-order valence-corrected chi connectivity index (χ1v) is 7.80. The number of rotatable bonds is 4. The van der Waals surface area contributed by atoms with E-state index in [1.807, 2.05) is 11.3 Å². The summed E-state index contributed by atoms with van der Waals surface area (Å²) in [5.74, 6) is 0.551. The van der Waals surface area contributed by atoms with Gasteiger partial charge < -0.3 is 11.1 Å². The molecule has 4 nitrogen and oxygen atoms in total. The SMILES string of the molecule is CC(C)NC(N)=NCC(C)N1CCc2sccc2C1.I. The van der Waals surface area contributed by atoms with E-state index in [2.05, 4.69) is 47.4 Å². The largest absolute Gasteiger partial charge is 0.370 e. The lowest BCUT2D eigenvalue weighted by Crippen LogP contribution is -2.41. The lowest BCUT2D eigenvalue weighted by molar-refractivity contribution is 0.197. The first-order chi connectivity index (χ1) is 9.06. The number of nitrogens with two attached hydrogens (primary N) is 1. The van der Waals surface area contributed by atoms with Crippen molar-refractivity contribution in [2.75, 3.05) is 13.1 Å². The van der Waals surface area contributed by atoms with E-state index in [0.29, 0.717) is 18.0 Å². The van der Waals surface area contributed by atoms with Gasteiger partial charge in [0.05, 0.1) is 6.54 Å². The third-order valence-electron chi connectivity index (χ3n) is 3.42. The zero-order chi connectivity index (χ0) is 13.8. The molecule has 0 saturated carbocycles. The highest BCUT2D eigenvalue weighted by molar-refractivity contribution is 14.0. The Morgan fingerprint density at radius 2 is 2.25 bits per heavy atom. The molecule has 0 bridgehead atoms. The molecular weight excluding hydrogens is 383 g/mol. The Kier molecular flexibility index (Phi) is 7.25. The highest BCUT2D eigenvalue weighted by Crippen LogP contribution is 2.25. The molecule has 0 fully saturated rings. The van der Waals surface area contributed by atoms with Gasteiger partial charge in [-0.1, -0.05) is 0 Å². The summed E-state index contributed by atoms with van der Waals surface area (Å²) < 4.78 is 0. The van der Waals surface area contributed by atoms with Gasteiger partial charge in [-0.15, -0.1) is 35.3 Å². The minimum atomic E-state index is 0. The number of guanidine groups is 1. The molecule has 114 valence electrons. The minimum Gasteiger partial charge on any atom is -0.370 e. The fourth-order valence-corrected chi connectivity index (χ4v) is 3.22. The van der Waals surface area contributed by atoms with Crippen molar-refractivity contribution in [2.24, 2.45) is 10.7 Å². The number of hydrogen-bond acceptors (Lipinski definition) is 3. The van der Waals surface area contributed by atoms with E-state index in [4.69, 9.17) is 5.73 Å². The fraction of sp³-hybridized carbons (Fsp3) is 0.643. The van der Waals surface area contributed by atoms with Gasteiger partial charge in [0.2, 0.25) is 0 Å².